The first-order valence-corrected chi connectivity index (χ1v) is 16.8. The predicted octanol–water partition coefficient (Wildman–Crippen LogP) is 4.56. The number of pyridine rings is 2. The van der Waals surface area contributed by atoms with E-state index in [-0.39, 0.29) is 11.5 Å². The number of hydrogen-bond donors (Lipinski definition) is 0. The number of hydrogen-bond acceptors (Lipinski definition) is 8. The van der Waals surface area contributed by atoms with Crippen molar-refractivity contribution >= 4 is 53.0 Å². The maximum absolute atomic E-state index is 12.2. The van der Waals surface area contributed by atoms with Crippen molar-refractivity contribution in [2.24, 2.45) is 11.8 Å². The van der Waals surface area contributed by atoms with E-state index in [0.717, 1.165) is 21.5 Å². The Labute approximate surface area is 245 Å². The maximum atomic E-state index is 12.2. The molecule has 0 N–H and O–H groups in total. The van der Waals surface area contributed by atoms with E-state index < -0.39 is 20.0 Å². The first kappa shape index (κ1) is 29.2. The number of nitriles is 2. The summed E-state index contributed by atoms with van der Waals surface area (Å²) in [5, 5.41) is 21.2. The number of fused-ring (bicyclic) bond motifs is 2. The number of sulfonamides is 2. The fourth-order valence-electron chi connectivity index (χ4n) is 5.25. The number of aromatic nitrogens is 2. The van der Waals surface area contributed by atoms with E-state index in [2.05, 4.69) is 23.8 Å². The average Bonchev–Trinajstić information content (AvgIpc) is 2.98. The van der Waals surface area contributed by atoms with Gasteiger partial charge in [0.1, 0.15) is 23.5 Å². The van der Waals surface area contributed by atoms with E-state index in [1.54, 1.807) is 48.8 Å². The summed E-state index contributed by atoms with van der Waals surface area (Å²) < 4.78 is 52.0. The van der Waals surface area contributed by atoms with Gasteiger partial charge in [-0.1, -0.05) is 13.8 Å². The van der Waals surface area contributed by atoms with Gasteiger partial charge in [-0.15, -0.1) is 0 Å². The van der Waals surface area contributed by atoms with Crippen molar-refractivity contribution in [2.45, 2.75) is 26.7 Å². The van der Waals surface area contributed by atoms with Gasteiger partial charge in [-0.05, 0) is 84.0 Å². The molecule has 42 heavy (non-hydrogen) atoms. The second-order valence-electron chi connectivity index (χ2n) is 10.8. The summed E-state index contributed by atoms with van der Waals surface area (Å²) in [5.41, 5.74) is 2.02. The zero-order valence-corrected chi connectivity index (χ0v) is 24.9. The molecule has 4 heterocycles. The molecule has 4 aromatic rings. The summed E-state index contributed by atoms with van der Waals surface area (Å²) in [7, 11) is -6.48. The Balaban J connectivity index is 0.000000168. The third-order valence-electron chi connectivity index (χ3n) is 7.65. The molecule has 2 saturated heterocycles. The molecule has 0 bridgehead atoms. The molecule has 0 saturated carbocycles. The van der Waals surface area contributed by atoms with E-state index in [1.807, 2.05) is 24.3 Å². The van der Waals surface area contributed by atoms with Gasteiger partial charge in [0.15, 0.2) is 0 Å². The lowest BCUT2D eigenvalue weighted by Gasteiger charge is -2.32. The smallest absolute Gasteiger partial charge is 0.235 e. The third kappa shape index (κ3) is 5.87. The van der Waals surface area contributed by atoms with Crippen LogP contribution in [0.2, 0.25) is 0 Å². The van der Waals surface area contributed by atoms with E-state index >= 15 is 0 Å². The van der Waals surface area contributed by atoms with Crippen molar-refractivity contribution in [3.05, 3.63) is 72.3 Å². The normalized spacial score (nSPS) is 21.1. The van der Waals surface area contributed by atoms with Crippen LogP contribution in [0.15, 0.2) is 60.9 Å². The fourth-order valence-corrected chi connectivity index (χ4v) is 8.92. The van der Waals surface area contributed by atoms with Gasteiger partial charge in [0, 0.05) is 36.3 Å². The fraction of sp³-hybridized carbons (Fsp3) is 0.333. The van der Waals surface area contributed by atoms with E-state index in [4.69, 9.17) is 10.5 Å². The van der Waals surface area contributed by atoms with Crippen LogP contribution >= 0.6 is 0 Å². The third-order valence-corrected chi connectivity index (χ3v) is 11.2. The highest BCUT2D eigenvalue weighted by molar-refractivity contribution is 7.93. The standard InChI is InChI=1S/2C15H15N3O2S/c2*1-11-5-7-21(19,20)18(10-11)13-2-3-14-12(8-13)4-6-17-15(14)9-16/h2*2-4,6,8,11H,5,7,10H2,1H3/t2*11-/m11/s1. The monoisotopic (exact) mass is 602 g/mol. The lowest BCUT2D eigenvalue weighted by Crippen LogP contribution is -2.41. The van der Waals surface area contributed by atoms with E-state index in [1.165, 1.54) is 8.61 Å². The summed E-state index contributed by atoms with van der Waals surface area (Å²) in [6.45, 7) is 5.12. The summed E-state index contributed by atoms with van der Waals surface area (Å²) >= 11 is 0. The van der Waals surface area contributed by atoms with Gasteiger partial charge in [0.25, 0.3) is 0 Å². The minimum absolute atomic E-state index is 0.187. The minimum atomic E-state index is -3.24. The summed E-state index contributed by atoms with van der Waals surface area (Å²) in [4.78, 5) is 8.03. The Morgan fingerprint density at radius 2 is 1.10 bits per heavy atom. The SMILES string of the molecule is C[C@@H]1CCS(=O)(=O)N(c2ccc3c(C#N)nccc3c2)C1.C[C@@H]1CCS(=O)(=O)N(c2ccc3c(C#N)nccc3c2)C1. The Morgan fingerprint density at radius 1 is 0.690 bits per heavy atom. The van der Waals surface area contributed by atoms with Crippen LogP contribution in [-0.4, -0.2) is 51.4 Å². The van der Waals surface area contributed by atoms with Crippen LogP contribution < -0.4 is 8.61 Å². The average molecular weight is 603 g/mol. The van der Waals surface area contributed by atoms with Crippen LogP contribution in [0, 0.1) is 34.5 Å². The van der Waals surface area contributed by atoms with Crippen LogP contribution in [-0.2, 0) is 20.0 Å². The van der Waals surface area contributed by atoms with Crippen molar-refractivity contribution in [1.29, 1.82) is 10.5 Å². The molecule has 0 radical (unpaired) electrons. The van der Waals surface area contributed by atoms with E-state index in [9.17, 15) is 16.8 Å². The van der Waals surface area contributed by atoms with E-state index in [0.29, 0.717) is 60.5 Å². The number of rotatable bonds is 2. The molecule has 0 spiro atoms. The maximum Gasteiger partial charge on any atom is 0.235 e. The Hall–Kier alpha value is -4.26. The molecule has 10 nitrogen and oxygen atoms in total. The van der Waals surface area contributed by atoms with Gasteiger partial charge in [0.05, 0.1) is 22.9 Å². The second-order valence-corrected chi connectivity index (χ2v) is 14.9. The van der Waals surface area contributed by atoms with Crippen molar-refractivity contribution in [1.82, 2.24) is 9.97 Å². The largest absolute Gasteiger partial charge is 0.270 e. The van der Waals surface area contributed by atoms with Crippen LogP contribution in [0.25, 0.3) is 21.5 Å². The Bertz CT molecular complexity index is 1820. The Morgan fingerprint density at radius 3 is 1.48 bits per heavy atom. The highest BCUT2D eigenvalue weighted by Crippen LogP contribution is 2.31. The van der Waals surface area contributed by atoms with Gasteiger partial charge in [-0.2, -0.15) is 10.5 Å². The number of nitrogens with zero attached hydrogens (tertiary/aromatic N) is 6. The molecule has 12 heteroatoms. The molecule has 216 valence electrons. The number of benzene rings is 2. The zero-order chi connectivity index (χ0) is 30.1. The van der Waals surface area contributed by atoms with Crippen LogP contribution in [0.4, 0.5) is 11.4 Å². The highest BCUT2D eigenvalue weighted by Gasteiger charge is 2.31. The zero-order valence-electron chi connectivity index (χ0n) is 23.3. The second kappa shape index (κ2) is 11.6. The van der Waals surface area contributed by atoms with Gasteiger partial charge in [0.2, 0.25) is 20.0 Å². The van der Waals surface area contributed by atoms with Gasteiger partial charge in [-0.3, -0.25) is 8.61 Å². The molecule has 2 fully saturated rings. The summed E-state index contributed by atoms with van der Waals surface area (Å²) in [6, 6.07) is 18.3. The highest BCUT2D eigenvalue weighted by atomic mass is 32.2. The first-order chi connectivity index (χ1) is 20.0. The number of anilines is 2. The minimum Gasteiger partial charge on any atom is -0.270 e. The summed E-state index contributed by atoms with van der Waals surface area (Å²) in [5.74, 6) is 1.06. The molecular formula is C30H30N6O4S2. The molecule has 0 amide bonds. The van der Waals surface area contributed by atoms with Crippen LogP contribution in [0.3, 0.4) is 0 Å². The van der Waals surface area contributed by atoms with Crippen molar-refractivity contribution < 1.29 is 16.8 Å². The molecule has 2 aromatic heterocycles. The van der Waals surface area contributed by atoms with Gasteiger partial charge >= 0.3 is 0 Å². The molecule has 0 aliphatic carbocycles. The predicted molar refractivity (Wildman–Crippen MR) is 163 cm³/mol. The lowest BCUT2D eigenvalue weighted by molar-refractivity contribution is 0.516. The lowest BCUT2D eigenvalue weighted by atomic mass is 10.1. The van der Waals surface area contributed by atoms with Crippen molar-refractivity contribution in [3.8, 4) is 12.1 Å². The molecular weight excluding hydrogens is 573 g/mol. The van der Waals surface area contributed by atoms with Crippen molar-refractivity contribution in [3.63, 3.8) is 0 Å². The molecule has 2 atom stereocenters. The molecule has 2 aromatic carbocycles. The van der Waals surface area contributed by atoms with Crippen molar-refractivity contribution in [2.75, 3.05) is 33.2 Å². The molecule has 2 aliphatic rings. The van der Waals surface area contributed by atoms with Crippen LogP contribution in [0.1, 0.15) is 38.1 Å². The summed E-state index contributed by atoms with van der Waals surface area (Å²) in [6.07, 6.45) is 4.54. The quantitative estimate of drug-likeness (QED) is 0.324. The molecule has 0 unspecified atom stereocenters. The Kier molecular flexibility index (Phi) is 8.04. The van der Waals surface area contributed by atoms with Gasteiger partial charge in [-0.25, -0.2) is 26.8 Å². The van der Waals surface area contributed by atoms with Crippen LogP contribution in [0.5, 0.6) is 0 Å². The first-order valence-electron chi connectivity index (χ1n) is 13.6. The molecule has 6 rings (SSSR count). The molecule has 2 aliphatic heterocycles. The van der Waals surface area contributed by atoms with Gasteiger partial charge < -0.3 is 0 Å². The topological polar surface area (TPSA) is 148 Å².